The van der Waals surface area contributed by atoms with Gasteiger partial charge in [0.25, 0.3) is 0 Å². The van der Waals surface area contributed by atoms with Gasteiger partial charge in [-0.05, 0) is 44.2 Å². The third-order valence-corrected chi connectivity index (χ3v) is 4.31. The Bertz CT molecular complexity index is 962. The molecule has 0 amide bonds. The first kappa shape index (κ1) is 20.1. The number of hydrogen-bond donors (Lipinski definition) is 2. The first-order valence-corrected chi connectivity index (χ1v) is 9.22. The van der Waals surface area contributed by atoms with E-state index in [-0.39, 0.29) is 16.2 Å². The second-order valence-corrected chi connectivity index (χ2v) is 7.15. The van der Waals surface area contributed by atoms with E-state index in [1.807, 2.05) is 19.9 Å². The van der Waals surface area contributed by atoms with Gasteiger partial charge in [-0.2, -0.15) is 18.2 Å². The molecule has 0 spiro atoms. The van der Waals surface area contributed by atoms with Crippen LogP contribution < -0.4 is 10.6 Å². The van der Waals surface area contributed by atoms with Gasteiger partial charge < -0.3 is 10.6 Å². The van der Waals surface area contributed by atoms with Crippen molar-refractivity contribution in [3.8, 4) is 11.4 Å². The zero-order valence-corrected chi connectivity index (χ0v) is 16.6. The zero-order valence-electron chi connectivity index (χ0n) is 15.0. The van der Waals surface area contributed by atoms with E-state index in [0.717, 1.165) is 6.07 Å². The number of halogens is 4. The summed E-state index contributed by atoms with van der Waals surface area (Å²) in [6.45, 7) is 3.88. The predicted molar refractivity (Wildman–Crippen MR) is 106 cm³/mol. The van der Waals surface area contributed by atoms with Crippen LogP contribution in [0.2, 0.25) is 0 Å². The molecule has 0 aliphatic heterocycles. The van der Waals surface area contributed by atoms with Crippen molar-refractivity contribution < 1.29 is 13.2 Å². The number of pyridine rings is 1. The number of hydrogen-bond acceptors (Lipinski definition) is 5. The van der Waals surface area contributed by atoms with Gasteiger partial charge in [-0.3, -0.25) is 4.98 Å². The van der Waals surface area contributed by atoms with Crippen LogP contribution >= 0.6 is 15.9 Å². The molecule has 2 heterocycles. The van der Waals surface area contributed by atoms with Gasteiger partial charge in [0.15, 0.2) is 0 Å². The zero-order chi connectivity index (χ0) is 20.3. The van der Waals surface area contributed by atoms with E-state index in [9.17, 15) is 13.2 Å². The molecule has 0 saturated heterocycles. The smallest absolute Gasteiger partial charge is 0.352 e. The molecule has 1 aromatic carbocycles. The predicted octanol–water partition coefficient (Wildman–Crippen LogP) is 5.88. The van der Waals surface area contributed by atoms with E-state index in [0.29, 0.717) is 23.2 Å². The normalized spacial score (nSPS) is 11.5. The minimum absolute atomic E-state index is 0.0235. The number of alkyl halides is 3. The molecule has 3 aromatic rings. The summed E-state index contributed by atoms with van der Waals surface area (Å²) >= 11 is 2.94. The lowest BCUT2D eigenvalue weighted by Crippen LogP contribution is -2.13. The molecule has 5 nitrogen and oxygen atoms in total. The largest absolute Gasteiger partial charge is 0.417 e. The highest BCUT2D eigenvalue weighted by atomic mass is 79.9. The van der Waals surface area contributed by atoms with E-state index in [2.05, 4.69) is 41.5 Å². The average molecular weight is 452 g/mol. The van der Waals surface area contributed by atoms with Gasteiger partial charge in [-0.15, -0.1) is 0 Å². The SMILES string of the molecule is CC(C)Nc1nc(Nc2ccc(Br)c(C(F)(F)F)c2)cc(-c2ccccn2)n1. The number of nitrogens with zero attached hydrogens (tertiary/aromatic N) is 3. The van der Waals surface area contributed by atoms with Crippen LogP contribution in [0.1, 0.15) is 19.4 Å². The fourth-order valence-corrected chi connectivity index (χ4v) is 2.92. The molecule has 0 aliphatic carbocycles. The van der Waals surface area contributed by atoms with Crippen molar-refractivity contribution in [1.82, 2.24) is 15.0 Å². The van der Waals surface area contributed by atoms with Gasteiger partial charge in [0.2, 0.25) is 5.95 Å². The highest BCUT2D eigenvalue weighted by molar-refractivity contribution is 9.10. The fraction of sp³-hybridized carbons (Fsp3) is 0.211. The standard InChI is InChI=1S/C19H17BrF3N5/c1-11(2)25-18-27-16(15-5-3-4-8-24-15)10-17(28-18)26-12-6-7-14(20)13(9-12)19(21,22)23/h3-11H,1-2H3,(H2,25,26,27,28). The van der Waals surface area contributed by atoms with Crippen molar-refractivity contribution in [3.05, 3.63) is 58.7 Å². The summed E-state index contributed by atoms with van der Waals surface area (Å²) in [5.74, 6) is 0.711. The van der Waals surface area contributed by atoms with Crippen LogP contribution in [-0.2, 0) is 6.18 Å². The number of nitrogens with one attached hydrogen (secondary N) is 2. The molecule has 0 fully saturated rings. The van der Waals surface area contributed by atoms with Gasteiger partial charge in [0.05, 0.1) is 17.0 Å². The Labute approximate surface area is 168 Å². The highest BCUT2D eigenvalue weighted by Gasteiger charge is 2.33. The summed E-state index contributed by atoms with van der Waals surface area (Å²) in [4.78, 5) is 13.1. The van der Waals surface area contributed by atoms with Gasteiger partial charge in [0.1, 0.15) is 5.82 Å². The number of benzene rings is 1. The number of anilines is 3. The highest BCUT2D eigenvalue weighted by Crippen LogP contribution is 2.37. The number of aromatic nitrogens is 3. The van der Waals surface area contributed by atoms with Crippen LogP contribution in [0, 0.1) is 0 Å². The summed E-state index contributed by atoms with van der Waals surface area (Å²) in [6.07, 6.45) is -2.82. The molecule has 3 rings (SSSR count). The quantitative estimate of drug-likeness (QED) is 0.506. The maximum absolute atomic E-state index is 13.2. The topological polar surface area (TPSA) is 62.7 Å². The first-order valence-electron chi connectivity index (χ1n) is 8.43. The Kier molecular flexibility index (Phi) is 5.83. The van der Waals surface area contributed by atoms with Crippen molar-refractivity contribution in [2.75, 3.05) is 10.6 Å². The molecule has 2 aromatic heterocycles. The molecular formula is C19H17BrF3N5. The summed E-state index contributed by atoms with van der Waals surface area (Å²) in [6, 6.07) is 11.1. The molecule has 0 saturated carbocycles. The molecule has 146 valence electrons. The lowest BCUT2D eigenvalue weighted by molar-refractivity contribution is -0.138. The van der Waals surface area contributed by atoms with E-state index in [1.54, 1.807) is 24.4 Å². The van der Waals surface area contributed by atoms with Gasteiger partial charge in [0, 0.05) is 28.5 Å². The first-order chi connectivity index (χ1) is 13.2. The fourth-order valence-electron chi connectivity index (χ4n) is 2.45. The molecule has 2 N–H and O–H groups in total. The second kappa shape index (κ2) is 8.14. The Hall–Kier alpha value is -2.68. The number of rotatable bonds is 5. The van der Waals surface area contributed by atoms with E-state index < -0.39 is 11.7 Å². The van der Waals surface area contributed by atoms with Crippen molar-refractivity contribution in [3.63, 3.8) is 0 Å². The molecule has 28 heavy (non-hydrogen) atoms. The molecule has 0 radical (unpaired) electrons. The molecule has 9 heteroatoms. The third kappa shape index (κ3) is 4.98. The molecular weight excluding hydrogens is 435 g/mol. The van der Waals surface area contributed by atoms with Crippen molar-refractivity contribution in [2.24, 2.45) is 0 Å². The van der Waals surface area contributed by atoms with Crippen molar-refractivity contribution in [1.29, 1.82) is 0 Å². The summed E-state index contributed by atoms with van der Waals surface area (Å²) in [5.41, 5.74) is 0.676. The van der Waals surface area contributed by atoms with Crippen LogP contribution in [0.3, 0.4) is 0 Å². The van der Waals surface area contributed by atoms with E-state index in [1.165, 1.54) is 12.1 Å². The van der Waals surface area contributed by atoms with Crippen LogP contribution in [-0.4, -0.2) is 21.0 Å². The summed E-state index contributed by atoms with van der Waals surface area (Å²) in [7, 11) is 0. The van der Waals surface area contributed by atoms with Crippen LogP contribution in [0.25, 0.3) is 11.4 Å². The third-order valence-electron chi connectivity index (χ3n) is 3.62. The molecule has 0 bridgehead atoms. The molecule has 0 unspecified atom stereocenters. The lowest BCUT2D eigenvalue weighted by Gasteiger charge is -2.14. The van der Waals surface area contributed by atoms with Gasteiger partial charge in [-0.1, -0.05) is 22.0 Å². The lowest BCUT2D eigenvalue weighted by atomic mass is 10.2. The van der Waals surface area contributed by atoms with Gasteiger partial charge >= 0.3 is 6.18 Å². The molecule has 0 atom stereocenters. The van der Waals surface area contributed by atoms with Crippen LogP contribution in [0.15, 0.2) is 53.1 Å². The second-order valence-electron chi connectivity index (χ2n) is 6.29. The van der Waals surface area contributed by atoms with E-state index in [4.69, 9.17) is 0 Å². The van der Waals surface area contributed by atoms with Crippen molar-refractivity contribution in [2.45, 2.75) is 26.1 Å². The maximum Gasteiger partial charge on any atom is 0.417 e. The summed E-state index contributed by atoms with van der Waals surface area (Å²) in [5, 5.41) is 6.04. The maximum atomic E-state index is 13.2. The van der Waals surface area contributed by atoms with Crippen LogP contribution in [0.5, 0.6) is 0 Å². The van der Waals surface area contributed by atoms with Crippen LogP contribution in [0.4, 0.5) is 30.6 Å². The Morgan fingerprint density at radius 1 is 1.00 bits per heavy atom. The minimum Gasteiger partial charge on any atom is -0.352 e. The minimum atomic E-state index is -4.47. The Balaban J connectivity index is 1.99. The Morgan fingerprint density at radius 3 is 2.43 bits per heavy atom. The molecule has 0 aliphatic rings. The van der Waals surface area contributed by atoms with Gasteiger partial charge in [-0.25, -0.2) is 4.98 Å². The van der Waals surface area contributed by atoms with Crippen molar-refractivity contribution >= 4 is 33.4 Å². The monoisotopic (exact) mass is 451 g/mol. The van der Waals surface area contributed by atoms with E-state index >= 15 is 0 Å². The average Bonchev–Trinajstić information content (AvgIpc) is 2.62. The summed E-state index contributed by atoms with van der Waals surface area (Å²) < 4.78 is 39.5. The Morgan fingerprint density at radius 2 is 1.79 bits per heavy atom.